The molecule has 3 rings (SSSR count). The molecular weight excluding hydrogens is 510 g/mol. The summed E-state index contributed by atoms with van der Waals surface area (Å²) < 4.78 is 26.6. The van der Waals surface area contributed by atoms with Crippen molar-refractivity contribution in [3.8, 4) is 0 Å². The van der Waals surface area contributed by atoms with Crippen LogP contribution in [0.1, 0.15) is 40.7 Å². The molecule has 2 amide bonds. The van der Waals surface area contributed by atoms with E-state index < -0.39 is 16.1 Å². The molecule has 39 heavy (non-hydrogen) atoms. The Kier molecular flexibility index (Phi) is 10.3. The van der Waals surface area contributed by atoms with Crippen molar-refractivity contribution in [2.75, 3.05) is 24.2 Å². The number of nitrogens with one attached hydrogen (secondary N) is 1. The Morgan fingerprint density at radius 3 is 2.13 bits per heavy atom. The molecule has 0 saturated carbocycles. The van der Waals surface area contributed by atoms with Crippen LogP contribution >= 0.6 is 0 Å². The highest BCUT2D eigenvalue weighted by atomic mass is 32.2. The topological polar surface area (TPSA) is 86.8 Å². The van der Waals surface area contributed by atoms with Crippen LogP contribution in [0.2, 0.25) is 0 Å². The van der Waals surface area contributed by atoms with Crippen LogP contribution in [0.4, 0.5) is 5.69 Å². The summed E-state index contributed by atoms with van der Waals surface area (Å²) in [5.74, 6) is -0.444. The van der Waals surface area contributed by atoms with Crippen LogP contribution in [-0.4, -0.2) is 51.0 Å². The predicted molar refractivity (Wildman–Crippen MR) is 157 cm³/mol. The number of benzene rings is 3. The lowest BCUT2D eigenvalue weighted by Crippen LogP contribution is -2.49. The summed E-state index contributed by atoms with van der Waals surface area (Å²) in [4.78, 5) is 28.4. The van der Waals surface area contributed by atoms with Crippen LogP contribution in [0.25, 0.3) is 0 Å². The molecule has 0 aliphatic carbocycles. The lowest BCUT2D eigenvalue weighted by atomic mass is 10.0. The summed E-state index contributed by atoms with van der Waals surface area (Å²) in [6.07, 6.45) is 1.96. The molecular formula is C31H39N3O4S. The van der Waals surface area contributed by atoms with Crippen molar-refractivity contribution in [3.63, 3.8) is 0 Å². The summed E-state index contributed by atoms with van der Waals surface area (Å²) in [7, 11) is -1.98. The number of sulfonamides is 1. The van der Waals surface area contributed by atoms with Crippen molar-refractivity contribution in [2.24, 2.45) is 0 Å². The summed E-state index contributed by atoms with van der Waals surface area (Å²) in [6, 6.07) is 22.3. The van der Waals surface area contributed by atoms with Gasteiger partial charge in [0.25, 0.3) is 0 Å². The van der Waals surface area contributed by atoms with E-state index in [0.717, 1.165) is 27.8 Å². The van der Waals surface area contributed by atoms with Crippen LogP contribution in [0.3, 0.4) is 0 Å². The maximum absolute atomic E-state index is 13.7. The predicted octanol–water partition coefficient (Wildman–Crippen LogP) is 4.54. The summed E-state index contributed by atoms with van der Waals surface area (Å²) >= 11 is 0. The highest BCUT2D eigenvalue weighted by molar-refractivity contribution is 7.92. The molecule has 0 aromatic heterocycles. The van der Waals surface area contributed by atoms with E-state index in [0.29, 0.717) is 18.5 Å². The molecule has 3 aromatic rings. The van der Waals surface area contributed by atoms with Gasteiger partial charge in [-0.3, -0.25) is 13.9 Å². The minimum Gasteiger partial charge on any atom is -0.357 e. The lowest BCUT2D eigenvalue weighted by Gasteiger charge is -2.31. The number of carbonyl (C=O) groups is 2. The van der Waals surface area contributed by atoms with Gasteiger partial charge in [0.1, 0.15) is 6.04 Å². The van der Waals surface area contributed by atoms with E-state index >= 15 is 0 Å². The molecule has 0 fully saturated rings. The number of aryl methyl sites for hydroxylation is 3. The first-order valence-electron chi connectivity index (χ1n) is 13.1. The molecule has 0 radical (unpaired) electrons. The standard InChI is InChI=1S/C31H39N3O4S/c1-23-13-16-27(17-14-23)22-33(29(31(36)32-4)21-26-10-7-6-8-11-26)30(35)12-9-19-34(39(5,37)38)28-18-15-24(2)25(3)20-28/h6-8,10-11,13-18,20,29H,9,12,19,21-22H2,1-5H3,(H,32,36)/t29-/m1/s1. The number of carbonyl (C=O) groups excluding carboxylic acids is 2. The second-order valence-electron chi connectivity index (χ2n) is 10.0. The quantitative estimate of drug-likeness (QED) is 0.359. The van der Waals surface area contributed by atoms with Gasteiger partial charge in [-0.25, -0.2) is 8.42 Å². The number of amides is 2. The lowest BCUT2D eigenvalue weighted by molar-refractivity contribution is -0.141. The van der Waals surface area contributed by atoms with Gasteiger partial charge in [-0.2, -0.15) is 0 Å². The zero-order chi connectivity index (χ0) is 28.6. The van der Waals surface area contributed by atoms with Crippen molar-refractivity contribution in [3.05, 3.63) is 101 Å². The van der Waals surface area contributed by atoms with Gasteiger partial charge in [0.05, 0.1) is 11.9 Å². The Balaban J connectivity index is 1.84. The molecule has 0 saturated heterocycles. The molecule has 1 N–H and O–H groups in total. The summed E-state index contributed by atoms with van der Waals surface area (Å²) in [6.45, 7) is 6.35. The Labute approximate surface area is 232 Å². The van der Waals surface area contributed by atoms with Crippen molar-refractivity contribution >= 4 is 27.5 Å². The van der Waals surface area contributed by atoms with E-state index in [4.69, 9.17) is 0 Å². The Bertz CT molecular complexity index is 1370. The van der Waals surface area contributed by atoms with Gasteiger partial charge in [0, 0.05) is 33.0 Å². The zero-order valence-electron chi connectivity index (χ0n) is 23.5. The van der Waals surface area contributed by atoms with Gasteiger partial charge in [0.15, 0.2) is 0 Å². The molecule has 0 heterocycles. The number of likely N-dealkylation sites (N-methyl/N-ethyl adjacent to an activating group) is 1. The van der Waals surface area contributed by atoms with Crippen molar-refractivity contribution in [2.45, 2.75) is 52.6 Å². The third-order valence-electron chi connectivity index (χ3n) is 6.92. The molecule has 0 aliphatic heterocycles. The van der Waals surface area contributed by atoms with Crippen LogP contribution < -0.4 is 9.62 Å². The van der Waals surface area contributed by atoms with E-state index in [1.165, 1.54) is 10.6 Å². The molecule has 0 spiro atoms. The van der Waals surface area contributed by atoms with Crippen molar-refractivity contribution < 1.29 is 18.0 Å². The highest BCUT2D eigenvalue weighted by Gasteiger charge is 2.30. The number of hydrogen-bond donors (Lipinski definition) is 1. The van der Waals surface area contributed by atoms with Crippen molar-refractivity contribution in [1.82, 2.24) is 10.2 Å². The monoisotopic (exact) mass is 549 g/mol. The number of hydrogen-bond acceptors (Lipinski definition) is 4. The molecule has 0 aliphatic rings. The smallest absolute Gasteiger partial charge is 0.242 e. The minimum atomic E-state index is -3.55. The maximum atomic E-state index is 13.7. The third kappa shape index (κ3) is 8.42. The molecule has 1 atom stereocenters. The summed E-state index contributed by atoms with van der Waals surface area (Å²) in [5.41, 5.74) is 5.63. The van der Waals surface area contributed by atoms with E-state index in [9.17, 15) is 18.0 Å². The van der Waals surface area contributed by atoms with Crippen LogP contribution in [0.15, 0.2) is 72.8 Å². The SMILES string of the molecule is CNC(=O)[C@@H](Cc1ccccc1)N(Cc1ccc(C)cc1)C(=O)CCCN(c1ccc(C)c(C)c1)S(C)(=O)=O. The second-order valence-corrected chi connectivity index (χ2v) is 11.9. The largest absolute Gasteiger partial charge is 0.357 e. The van der Waals surface area contributed by atoms with Gasteiger partial charge >= 0.3 is 0 Å². The van der Waals surface area contributed by atoms with Crippen LogP contribution in [0.5, 0.6) is 0 Å². The first kappa shape index (κ1) is 29.9. The molecule has 0 unspecified atom stereocenters. The van der Waals surface area contributed by atoms with E-state index in [1.54, 1.807) is 18.0 Å². The van der Waals surface area contributed by atoms with Gasteiger partial charge in [-0.1, -0.05) is 66.2 Å². The fourth-order valence-corrected chi connectivity index (χ4v) is 5.45. The Morgan fingerprint density at radius 2 is 1.54 bits per heavy atom. The normalized spacial score (nSPS) is 12.0. The average molecular weight is 550 g/mol. The molecule has 208 valence electrons. The van der Waals surface area contributed by atoms with Crippen LogP contribution in [0, 0.1) is 20.8 Å². The van der Waals surface area contributed by atoms with Gasteiger partial charge in [-0.05, 0) is 61.6 Å². The van der Waals surface area contributed by atoms with Crippen molar-refractivity contribution in [1.29, 1.82) is 0 Å². The third-order valence-corrected chi connectivity index (χ3v) is 8.12. The second kappa shape index (κ2) is 13.4. The minimum absolute atomic E-state index is 0.102. The van der Waals surface area contributed by atoms with Gasteiger partial charge in [-0.15, -0.1) is 0 Å². The fourth-order valence-electron chi connectivity index (χ4n) is 4.50. The maximum Gasteiger partial charge on any atom is 0.242 e. The Hall–Kier alpha value is -3.65. The molecule has 0 bridgehead atoms. The first-order valence-corrected chi connectivity index (χ1v) is 15.0. The van der Waals surface area contributed by atoms with Gasteiger partial charge < -0.3 is 10.2 Å². The van der Waals surface area contributed by atoms with Crippen LogP contribution in [-0.2, 0) is 32.6 Å². The van der Waals surface area contributed by atoms with E-state index in [2.05, 4.69) is 5.32 Å². The fraction of sp³-hybridized carbons (Fsp3) is 0.355. The number of rotatable bonds is 12. The number of nitrogens with zero attached hydrogens (tertiary/aromatic N) is 2. The highest BCUT2D eigenvalue weighted by Crippen LogP contribution is 2.23. The summed E-state index contributed by atoms with van der Waals surface area (Å²) in [5, 5.41) is 2.72. The zero-order valence-corrected chi connectivity index (χ0v) is 24.3. The average Bonchev–Trinajstić information content (AvgIpc) is 2.90. The molecule has 3 aromatic carbocycles. The van der Waals surface area contributed by atoms with Gasteiger partial charge in [0.2, 0.25) is 21.8 Å². The Morgan fingerprint density at radius 1 is 0.872 bits per heavy atom. The number of anilines is 1. The molecule has 8 heteroatoms. The first-order chi connectivity index (χ1) is 18.5. The van der Waals surface area contributed by atoms with E-state index in [1.807, 2.05) is 87.5 Å². The molecule has 7 nitrogen and oxygen atoms in total. The van der Waals surface area contributed by atoms with E-state index in [-0.39, 0.29) is 31.3 Å².